The van der Waals surface area contributed by atoms with Crippen LogP contribution in [0, 0.1) is 13.8 Å². The lowest BCUT2D eigenvalue weighted by Gasteiger charge is -2.22. The van der Waals surface area contributed by atoms with E-state index in [0.29, 0.717) is 11.9 Å². The second-order valence-electron chi connectivity index (χ2n) is 5.57. The molecule has 1 saturated heterocycles. The number of aromatic nitrogens is 3. The Morgan fingerprint density at radius 3 is 2.48 bits per heavy atom. The van der Waals surface area contributed by atoms with Crippen molar-refractivity contribution in [3.8, 4) is 0 Å². The molecule has 0 radical (unpaired) electrons. The van der Waals surface area contributed by atoms with E-state index in [9.17, 15) is 0 Å². The van der Waals surface area contributed by atoms with Gasteiger partial charge in [-0.25, -0.2) is 15.0 Å². The molecule has 0 spiro atoms. The zero-order valence-electron chi connectivity index (χ0n) is 12.6. The Balaban J connectivity index is 1.79. The number of aryl methyl sites for hydroxylation is 2. The summed E-state index contributed by atoms with van der Waals surface area (Å²) >= 11 is 0. The molecule has 0 saturated carbocycles. The van der Waals surface area contributed by atoms with Crippen molar-refractivity contribution in [1.29, 1.82) is 0 Å². The molecular formula is C16H21N5. The van der Waals surface area contributed by atoms with Crippen LogP contribution in [-0.2, 0) is 0 Å². The zero-order chi connectivity index (χ0) is 14.7. The third kappa shape index (κ3) is 3.55. The molecule has 0 bridgehead atoms. The first-order valence-electron chi connectivity index (χ1n) is 7.48. The van der Waals surface area contributed by atoms with Crippen LogP contribution in [-0.4, -0.2) is 28.0 Å². The average Bonchev–Trinajstić information content (AvgIpc) is 2.47. The summed E-state index contributed by atoms with van der Waals surface area (Å²) in [5, 5.41) is 6.60. The molecule has 1 aliphatic rings. The first kappa shape index (κ1) is 13.9. The summed E-state index contributed by atoms with van der Waals surface area (Å²) in [5.74, 6) is 1.98. The van der Waals surface area contributed by atoms with Gasteiger partial charge in [-0.2, -0.15) is 0 Å². The van der Waals surface area contributed by atoms with Gasteiger partial charge in [0.15, 0.2) is 0 Å². The number of piperidine rings is 1. The molecule has 0 atom stereocenters. The van der Waals surface area contributed by atoms with Crippen LogP contribution < -0.4 is 10.6 Å². The van der Waals surface area contributed by atoms with Gasteiger partial charge in [0.05, 0.1) is 0 Å². The topological polar surface area (TPSA) is 62.7 Å². The van der Waals surface area contributed by atoms with E-state index in [1.807, 2.05) is 26.0 Å². The molecule has 3 rings (SSSR count). The van der Waals surface area contributed by atoms with Gasteiger partial charge in [0, 0.05) is 23.0 Å². The van der Waals surface area contributed by atoms with Crippen molar-refractivity contribution >= 4 is 11.8 Å². The van der Waals surface area contributed by atoms with Gasteiger partial charge in [-0.3, -0.25) is 0 Å². The van der Waals surface area contributed by atoms with Crippen molar-refractivity contribution in [1.82, 2.24) is 20.3 Å². The van der Waals surface area contributed by atoms with Crippen LogP contribution in [0.4, 0.5) is 11.8 Å². The first-order valence-corrected chi connectivity index (χ1v) is 7.48. The minimum Gasteiger partial charge on any atom is -0.317 e. The first-order chi connectivity index (χ1) is 10.2. The third-order valence-electron chi connectivity index (χ3n) is 3.75. The lowest BCUT2D eigenvalue weighted by molar-refractivity contribution is 0.453. The van der Waals surface area contributed by atoms with Crippen LogP contribution in [0.1, 0.15) is 35.8 Å². The van der Waals surface area contributed by atoms with Crippen molar-refractivity contribution < 1.29 is 0 Å². The molecule has 5 heteroatoms. The van der Waals surface area contributed by atoms with E-state index in [0.717, 1.165) is 48.8 Å². The highest BCUT2D eigenvalue weighted by Crippen LogP contribution is 2.24. The Hall–Kier alpha value is -2.01. The molecule has 0 amide bonds. The van der Waals surface area contributed by atoms with E-state index < -0.39 is 0 Å². The van der Waals surface area contributed by atoms with E-state index in [1.165, 1.54) is 0 Å². The van der Waals surface area contributed by atoms with Crippen LogP contribution in [0.5, 0.6) is 0 Å². The Morgan fingerprint density at radius 1 is 1.05 bits per heavy atom. The summed E-state index contributed by atoms with van der Waals surface area (Å²) in [6, 6.07) is 8.09. The molecule has 0 aromatic carbocycles. The van der Waals surface area contributed by atoms with Crippen molar-refractivity contribution in [2.24, 2.45) is 0 Å². The normalized spacial score (nSPS) is 15.9. The van der Waals surface area contributed by atoms with Crippen LogP contribution in [0.25, 0.3) is 0 Å². The van der Waals surface area contributed by atoms with Gasteiger partial charge >= 0.3 is 0 Å². The standard InChI is InChI=1S/C16H21N5/c1-11-10-12(2)19-16(18-11)21-15-5-3-4-14(20-15)13-6-8-17-9-7-13/h3-5,10,13,17H,6-9H2,1-2H3,(H,18,19,20,21). The fourth-order valence-electron chi connectivity index (χ4n) is 2.76. The Bertz CT molecular complexity index is 600. The third-order valence-corrected chi connectivity index (χ3v) is 3.75. The largest absolute Gasteiger partial charge is 0.317 e. The number of hydrogen-bond donors (Lipinski definition) is 2. The van der Waals surface area contributed by atoms with E-state index in [-0.39, 0.29) is 0 Å². The van der Waals surface area contributed by atoms with E-state index in [4.69, 9.17) is 4.98 Å². The minimum atomic E-state index is 0.549. The van der Waals surface area contributed by atoms with Gasteiger partial charge in [-0.05, 0) is 58.0 Å². The van der Waals surface area contributed by atoms with Gasteiger partial charge in [0.1, 0.15) is 5.82 Å². The highest BCUT2D eigenvalue weighted by Gasteiger charge is 2.16. The van der Waals surface area contributed by atoms with E-state index >= 15 is 0 Å². The maximum atomic E-state index is 4.73. The number of rotatable bonds is 3. The second kappa shape index (κ2) is 6.18. The fraction of sp³-hybridized carbons (Fsp3) is 0.438. The highest BCUT2D eigenvalue weighted by atomic mass is 15.1. The maximum Gasteiger partial charge on any atom is 0.228 e. The molecule has 5 nitrogen and oxygen atoms in total. The van der Waals surface area contributed by atoms with Crippen molar-refractivity contribution in [3.63, 3.8) is 0 Å². The van der Waals surface area contributed by atoms with E-state index in [2.05, 4.69) is 32.7 Å². The van der Waals surface area contributed by atoms with Crippen molar-refractivity contribution in [3.05, 3.63) is 41.3 Å². The Kier molecular flexibility index (Phi) is 4.10. The fourth-order valence-corrected chi connectivity index (χ4v) is 2.76. The van der Waals surface area contributed by atoms with Gasteiger partial charge in [-0.1, -0.05) is 6.07 Å². The minimum absolute atomic E-state index is 0.549. The lowest BCUT2D eigenvalue weighted by Crippen LogP contribution is -2.27. The van der Waals surface area contributed by atoms with Crippen molar-refractivity contribution in [2.75, 3.05) is 18.4 Å². The monoisotopic (exact) mass is 283 g/mol. The molecule has 2 aromatic rings. The summed E-state index contributed by atoms with van der Waals surface area (Å²) in [4.78, 5) is 13.5. The predicted octanol–water partition coefficient (Wildman–Crippen LogP) is 2.70. The number of pyridine rings is 1. The summed E-state index contributed by atoms with van der Waals surface area (Å²) in [6.45, 7) is 6.09. The zero-order valence-corrected chi connectivity index (χ0v) is 12.6. The molecule has 2 N–H and O–H groups in total. The highest BCUT2D eigenvalue weighted by molar-refractivity contribution is 5.48. The van der Waals surface area contributed by atoms with Crippen LogP contribution in [0.3, 0.4) is 0 Å². The second-order valence-corrected chi connectivity index (χ2v) is 5.57. The average molecular weight is 283 g/mol. The van der Waals surface area contributed by atoms with Gasteiger partial charge in [-0.15, -0.1) is 0 Å². The molecular weight excluding hydrogens is 262 g/mol. The molecule has 0 unspecified atom stereocenters. The summed E-state index contributed by atoms with van der Waals surface area (Å²) in [5.41, 5.74) is 3.07. The summed E-state index contributed by atoms with van der Waals surface area (Å²) in [6.07, 6.45) is 2.30. The van der Waals surface area contributed by atoms with Crippen LogP contribution in [0.15, 0.2) is 24.3 Å². The molecule has 3 heterocycles. The SMILES string of the molecule is Cc1cc(C)nc(Nc2cccc(C3CCNCC3)n2)n1. The number of anilines is 2. The van der Waals surface area contributed by atoms with Crippen LogP contribution in [0.2, 0.25) is 0 Å². The van der Waals surface area contributed by atoms with Crippen molar-refractivity contribution in [2.45, 2.75) is 32.6 Å². The molecule has 2 aromatic heterocycles. The van der Waals surface area contributed by atoms with Crippen LogP contribution >= 0.6 is 0 Å². The Morgan fingerprint density at radius 2 is 1.76 bits per heavy atom. The predicted molar refractivity (Wildman–Crippen MR) is 83.9 cm³/mol. The number of hydrogen-bond acceptors (Lipinski definition) is 5. The van der Waals surface area contributed by atoms with Gasteiger partial charge in [0.25, 0.3) is 0 Å². The molecule has 110 valence electrons. The molecule has 0 aliphatic carbocycles. The van der Waals surface area contributed by atoms with Gasteiger partial charge < -0.3 is 10.6 Å². The van der Waals surface area contributed by atoms with E-state index in [1.54, 1.807) is 0 Å². The summed E-state index contributed by atoms with van der Waals surface area (Å²) < 4.78 is 0. The molecule has 1 aliphatic heterocycles. The van der Waals surface area contributed by atoms with Gasteiger partial charge in [0.2, 0.25) is 5.95 Å². The maximum absolute atomic E-state index is 4.73. The number of nitrogens with one attached hydrogen (secondary N) is 2. The lowest BCUT2D eigenvalue weighted by atomic mass is 9.94. The molecule has 21 heavy (non-hydrogen) atoms. The number of nitrogens with zero attached hydrogens (tertiary/aromatic N) is 3. The summed E-state index contributed by atoms with van der Waals surface area (Å²) in [7, 11) is 0. The Labute approximate surface area is 125 Å². The molecule has 1 fully saturated rings. The quantitative estimate of drug-likeness (QED) is 0.907. The smallest absolute Gasteiger partial charge is 0.228 e.